The van der Waals surface area contributed by atoms with Crippen molar-refractivity contribution in [3.8, 4) is 0 Å². The molecule has 1 saturated heterocycles. The van der Waals surface area contributed by atoms with Gasteiger partial charge in [-0.2, -0.15) is 0 Å². The molecule has 0 unspecified atom stereocenters. The van der Waals surface area contributed by atoms with E-state index in [9.17, 15) is 9.59 Å². The highest BCUT2D eigenvalue weighted by Gasteiger charge is 2.31. The molecular weight excluding hydrogens is 463 g/mol. The van der Waals surface area contributed by atoms with Crippen LogP contribution in [0.15, 0.2) is 39.9 Å². The van der Waals surface area contributed by atoms with Crippen molar-refractivity contribution in [2.45, 2.75) is 12.8 Å². The van der Waals surface area contributed by atoms with Gasteiger partial charge in [0.25, 0.3) is 5.91 Å². The summed E-state index contributed by atoms with van der Waals surface area (Å²) in [5.41, 5.74) is 0.382. The number of carbonyl (C=O) groups is 2. The van der Waals surface area contributed by atoms with Crippen molar-refractivity contribution >= 4 is 86.7 Å². The topological polar surface area (TPSA) is 62.6 Å². The van der Waals surface area contributed by atoms with Crippen molar-refractivity contribution in [2.24, 2.45) is 0 Å². The number of rotatable bonds is 6. The SMILES string of the molecule is O=C(CCCN1C(=O)/C(=C/c2ccco2)SC1=S)Nc1cc(Cl)c(Cl)cc1Cl. The third kappa shape index (κ3) is 5.10. The second-order valence-electron chi connectivity index (χ2n) is 5.75. The molecule has 1 aliphatic rings. The zero-order valence-electron chi connectivity index (χ0n) is 14.2. The van der Waals surface area contributed by atoms with Crippen molar-refractivity contribution in [1.82, 2.24) is 4.90 Å². The van der Waals surface area contributed by atoms with E-state index in [-0.39, 0.29) is 18.2 Å². The highest BCUT2D eigenvalue weighted by atomic mass is 35.5. The highest BCUT2D eigenvalue weighted by molar-refractivity contribution is 8.26. The molecule has 5 nitrogen and oxygen atoms in total. The van der Waals surface area contributed by atoms with Crippen LogP contribution in [0, 0.1) is 0 Å². The number of thioether (sulfide) groups is 1. The van der Waals surface area contributed by atoms with E-state index in [0.29, 0.717) is 48.7 Å². The molecule has 0 atom stereocenters. The van der Waals surface area contributed by atoms with Crippen LogP contribution in [0.1, 0.15) is 18.6 Å². The summed E-state index contributed by atoms with van der Waals surface area (Å²) in [6.07, 6.45) is 3.81. The second-order valence-corrected chi connectivity index (χ2v) is 8.64. The van der Waals surface area contributed by atoms with Gasteiger partial charge in [0.15, 0.2) is 0 Å². The Labute approximate surface area is 186 Å². The minimum atomic E-state index is -0.253. The Morgan fingerprint density at radius 3 is 2.71 bits per heavy atom. The first-order valence-electron chi connectivity index (χ1n) is 8.08. The maximum Gasteiger partial charge on any atom is 0.266 e. The van der Waals surface area contributed by atoms with Crippen molar-refractivity contribution in [3.63, 3.8) is 0 Å². The molecule has 2 amide bonds. The third-order valence-corrected chi connectivity index (χ3v) is 6.17. The number of nitrogens with one attached hydrogen (secondary N) is 1. The van der Waals surface area contributed by atoms with E-state index in [1.807, 2.05) is 0 Å². The monoisotopic (exact) mass is 474 g/mol. The van der Waals surface area contributed by atoms with E-state index in [2.05, 4.69) is 5.32 Å². The fraction of sp³-hybridized carbons (Fsp3) is 0.167. The Morgan fingerprint density at radius 2 is 2.00 bits per heavy atom. The molecule has 1 aromatic heterocycles. The van der Waals surface area contributed by atoms with Crippen molar-refractivity contribution in [1.29, 1.82) is 0 Å². The maximum atomic E-state index is 12.5. The molecule has 1 N–H and O–H groups in total. The first kappa shape index (κ1) is 21.2. The van der Waals surface area contributed by atoms with Crippen LogP contribution in [0.5, 0.6) is 0 Å². The van der Waals surface area contributed by atoms with Gasteiger partial charge in [-0.25, -0.2) is 0 Å². The molecule has 0 saturated carbocycles. The fourth-order valence-corrected chi connectivity index (χ4v) is 4.31. The molecular formula is C18H13Cl3N2O3S2. The molecule has 0 radical (unpaired) electrons. The lowest BCUT2D eigenvalue weighted by Gasteiger charge is -2.14. The lowest BCUT2D eigenvalue weighted by Crippen LogP contribution is -2.29. The lowest BCUT2D eigenvalue weighted by atomic mass is 10.2. The maximum absolute atomic E-state index is 12.5. The molecule has 2 aromatic rings. The first-order chi connectivity index (χ1) is 13.3. The van der Waals surface area contributed by atoms with Crippen molar-refractivity contribution in [3.05, 3.63) is 56.3 Å². The number of thiocarbonyl (C=S) groups is 1. The number of anilines is 1. The molecule has 0 spiro atoms. The number of hydrogen-bond acceptors (Lipinski definition) is 5. The number of amides is 2. The summed E-state index contributed by atoms with van der Waals surface area (Å²) >= 11 is 24.3. The number of nitrogens with zero attached hydrogens (tertiary/aromatic N) is 1. The van der Waals surface area contributed by atoms with Gasteiger partial charge in [-0.1, -0.05) is 58.8 Å². The zero-order chi connectivity index (χ0) is 20.3. The summed E-state index contributed by atoms with van der Waals surface area (Å²) in [6.45, 7) is 0.336. The minimum Gasteiger partial charge on any atom is -0.465 e. The summed E-state index contributed by atoms with van der Waals surface area (Å²) in [5, 5.41) is 3.58. The van der Waals surface area contributed by atoms with Crippen LogP contribution < -0.4 is 5.32 Å². The van der Waals surface area contributed by atoms with Gasteiger partial charge in [0.2, 0.25) is 5.91 Å². The molecule has 0 bridgehead atoms. The summed E-state index contributed by atoms with van der Waals surface area (Å²) in [6, 6.07) is 6.45. The molecule has 2 heterocycles. The molecule has 28 heavy (non-hydrogen) atoms. The molecule has 1 aromatic carbocycles. The Bertz CT molecular complexity index is 961. The molecule has 0 aliphatic carbocycles. The third-order valence-electron chi connectivity index (χ3n) is 3.76. The summed E-state index contributed by atoms with van der Waals surface area (Å²) < 4.78 is 5.68. The first-order valence-corrected chi connectivity index (χ1v) is 10.4. The van der Waals surface area contributed by atoms with E-state index in [1.54, 1.807) is 18.2 Å². The van der Waals surface area contributed by atoms with E-state index >= 15 is 0 Å². The summed E-state index contributed by atoms with van der Waals surface area (Å²) in [4.78, 5) is 26.6. The number of furan rings is 1. The Hall–Kier alpha value is -1.51. The van der Waals surface area contributed by atoms with Gasteiger partial charge < -0.3 is 9.73 Å². The van der Waals surface area contributed by atoms with Crippen molar-refractivity contribution < 1.29 is 14.0 Å². The van der Waals surface area contributed by atoms with E-state index in [4.69, 9.17) is 51.4 Å². The largest absolute Gasteiger partial charge is 0.465 e. The van der Waals surface area contributed by atoms with Crippen LogP contribution in [0.25, 0.3) is 6.08 Å². The van der Waals surface area contributed by atoms with E-state index in [0.717, 1.165) is 0 Å². The average Bonchev–Trinajstić information content (AvgIpc) is 3.23. The molecule has 1 fully saturated rings. The molecule has 3 rings (SSSR count). The Morgan fingerprint density at radius 1 is 1.25 bits per heavy atom. The molecule has 10 heteroatoms. The van der Waals surface area contributed by atoms with Gasteiger partial charge in [0, 0.05) is 19.0 Å². The van der Waals surface area contributed by atoms with Crippen LogP contribution in [0.2, 0.25) is 15.1 Å². The predicted molar refractivity (Wildman–Crippen MR) is 118 cm³/mol. The number of halogens is 3. The standard InChI is InChI=1S/C18H13Cl3N2O3S2/c19-11-8-13(21)14(9-12(11)20)22-16(24)4-1-5-23-17(25)15(28-18(23)27)7-10-3-2-6-26-10/h2-3,6-9H,1,4-5H2,(H,22,24)/b15-7-. The van der Waals surface area contributed by atoms with Crippen molar-refractivity contribution in [2.75, 3.05) is 11.9 Å². The number of benzene rings is 1. The fourth-order valence-electron chi connectivity index (χ4n) is 2.42. The zero-order valence-corrected chi connectivity index (χ0v) is 18.1. The van der Waals surface area contributed by atoms with Gasteiger partial charge in [-0.3, -0.25) is 14.5 Å². The summed E-state index contributed by atoms with van der Waals surface area (Å²) in [5.74, 6) is 0.134. The van der Waals surface area contributed by atoms with Crippen LogP contribution in [-0.4, -0.2) is 27.6 Å². The second kappa shape index (κ2) is 9.33. The quantitative estimate of drug-likeness (QED) is 0.322. The number of hydrogen-bond donors (Lipinski definition) is 1. The van der Waals surface area contributed by atoms with Gasteiger partial charge in [-0.05, 0) is 30.7 Å². The normalized spacial score (nSPS) is 15.5. The minimum absolute atomic E-state index is 0.185. The Balaban J connectivity index is 1.53. The molecule has 1 aliphatic heterocycles. The molecule has 146 valence electrons. The Kier molecular flexibility index (Phi) is 7.06. The van der Waals surface area contributed by atoms with Crippen LogP contribution in [0.3, 0.4) is 0 Å². The van der Waals surface area contributed by atoms with Crippen LogP contribution in [0.4, 0.5) is 5.69 Å². The van der Waals surface area contributed by atoms with E-state index in [1.165, 1.54) is 35.1 Å². The van der Waals surface area contributed by atoms with Gasteiger partial charge in [0.1, 0.15) is 10.1 Å². The van der Waals surface area contributed by atoms with Gasteiger partial charge in [-0.15, -0.1) is 0 Å². The lowest BCUT2D eigenvalue weighted by molar-refractivity contribution is -0.122. The van der Waals surface area contributed by atoms with Gasteiger partial charge in [0.05, 0.1) is 31.9 Å². The number of carbonyl (C=O) groups excluding carboxylic acids is 2. The average molecular weight is 476 g/mol. The highest BCUT2D eigenvalue weighted by Crippen LogP contribution is 2.33. The van der Waals surface area contributed by atoms with Crippen LogP contribution in [-0.2, 0) is 9.59 Å². The van der Waals surface area contributed by atoms with Crippen LogP contribution >= 0.6 is 58.8 Å². The smallest absolute Gasteiger partial charge is 0.266 e. The van der Waals surface area contributed by atoms with E-state index < -0.39 is 0 Å². The predicted octanol–water partition coefficient (Wildman–Crippen LogP) is 5.86. The van der Waals surface area contributed by atoms with Gasteiger partial charge >= 0.3 is 0 Å². The summed E-state index contributed by atoms with van der Waals surface area (Å²) in [7, 11) is 0.